The van der Waals surface area contributed by atoms with Crippen LogP contribution in [0.15, 0.2) is 267 Å². The summed E-state index contributed by atoms with van der Waals surface area (Å²) >= 11 is 1.88. The maximum Gasteiger partial charge on any atom is 0.164 e. The fourth-order valence-electron chi connectivity index (χ4n) is 11.1. The third kappa shape index (κ3) is 7.81. The first-order valence-corrected chi connectivity index (χ1v) is 26.0. The molecule has 11 aromatic carbocycles. The van der Waals surface area contributed by atoms with Crippen LogP contribution in [0.3, 0.4) is 0 Å². The van der Waals surface area contributed by atoms with Crippen molar-refractivity contribution >= 4 is 31.5 Å². The highest BCUT2D eigenvalue weighted by atomic mass is 32.1. The molecule has 4 heteroatoms. The molecule has 1 atom stereocenters. The summed E-state index contributed by atoms with van der Waals surface area (Å²) in [5, 5.41) is 2.62. The summed E-state index contributed by atoms with van der Waals surface area (Å²) in [5.41, 5.74) is 20.4. The second kappa shape index (κ2) is 18.4. The van der Waals surface area contributed by atoms with Crippen molar-refractivity contribution in [3.8, 4) is 101 Å². The Labute approximate surface area is 434 Å². The van der Waals surface area contributed by atoms with E-state index >= 15 is 0 Å². The highest BCUT2D eigenvalue weighted by Gasteiger charge is 2.35. The molecular weight excluding hydrogens is 915 g/mol. The van der Waals surface area contributed by atoms with Gasteiger partial charge in [0.1, 0.15) is 0 Å². The number of rotatable bonds is 9. The van der Waals surface area contributed by atoms with E-state index in [0.717, 1.165) is 72.3 Å². The van der Waals surface area contributed by atoms with E-state index in [1.54, 1.807) is 0 Å². The third-order valence-corrected chi connectivity index (χ3v) is 15.7. The Bertz CT molecular complexity index is 4090. The lowest BCUT2D eigenvalue weighted by molar-refractivity contribution is 1.02. The van der Waals surface area contributed by atoms with E-state index in [-0.39, 0.29) is 5.92 Å². The fourth-order valence-corrected chi connectivity index (χ4v) is 12.2. The molecule has 2 heterocycles. The van der Waals surface area contributed by atoms with Crippen LogP contribution >= 0.6 is 11.3 Å². The van der Waals surface area contributed by atoms with Crippen LogP contribution in [0, 0.1) is 0 Å². The second-order valence-electron chi connectivity index (χ2n) is 19.1. The summed E-state index contributed by atoms with van der Waals surface area (Å²) in [5.74, 6) is 1.75. The lowest BCUT2D eigenvalue weighted by Gasteiger charge is -2.24. The molecule has 2 aromatic heterocycles. The van der Waals surface area contributed by atoms with Gasteiger partial charge in [0.05, 0.1) is 0 Å². The molecule has 3 nitrogen and oxygen atoms in total. The zero-order valence-corrected chi connectivity index (χ0v) is 41.0. The summed E-state index contributed by atoms with van der Waals surface area (Å²) in [6.07, 6.45) is 0. The van der Waals surface area contributed by atoms with E-state index in [2.05, 4.69) is 267 Å². The van der Waals surface area contributed by atoms with Crippen molar-refractivity contribution < 1.29 is 0 Å². The van der Waals surface area contributed by atoms with Crippen molar-refractivity contribution in [2.75, 3.05) is 0 Å². The molecule has 0 aliphatic heterocycles. The van der Waals surface area contributed by atoms with Crippen LogP contribution in [-0.2, 0) is 0 Å². The van der Waals surface area contributed by atoms with Crippen molar-refractivity contribution in [1.29, 1.82) is 0 Å². The number of benzene rings is 11. The van der Waals surface area contributed by atoms with Crippen molar-refractivity contribution in [1.82, 2.24) is 15.0 Å². The van der Waals surface area contributed by atoms with E-state index in [1.165, 1.54) is 48.0 Å². The predicted molar refractivity (Wildman–Crippen MR) is 309 cm³/mol. The van der Waals surface area contributed by atoms with Gasteiger partial charge in [0, 0.05) is 42.8 Å². The van der Waals surface area contributed by atoms with Crippen LogP contribution in [0.5, 0.6) is 0 Å². The zero-order chi connectivity index (χ0) is 49.0. The molecule has 14 rings (SSSR count). The molecule has 1 aliphatic carbocycles. The molecule has 0 radical (unpaired) electrons. The van der Waals surface area contributed by atoms with Crippen molar-refractivity contribution in [2.24, 2.45) is 0 Å². The van der Waals surface area contributed by atoms with Crippen LogP contribution in [0.1, 0.15) is 22.6 Å². The van der Waals surface area contributed by atoms with Gasteiger partial charge in [-0.05, 0) is 132 Å². The van der Waals surface area contributed by atoms with Gasteiger partial charge in [-0.25, -0.2) is 15.0 Å². The van der Waals surface area contributed by atoms with E-state index in [4.69, 9.17) is 15.0 Å². The van der Waals surface area contributed by atoms with Crippen molar-refractivity contribution in [2.45, 2.75) is 5.92 Å². The van der Waals surface area contributed by atoms with Crippen molar-refractivity contribution in [3.05, 3.63) is 284 Å². The van der Waals surface area contributed by atoms with Crippen molar-refractivity contribution in [3.63, 3.8) is 0 Å². The molecule has 0 saturated heterocycles. The van der Waals surface area contributed by atoms with Crippen LogP contribution in [-0.4, -0.2) is 15.0 Å². The number of aromatic nitrogens is 3. The molecule has 0 saturated carbocycles. The van der Waals surface area contributed by atoms with E-state index in [1.807, 2.05) is 11.3 Å². The number of fused-ring (bicyclic) bond motifs is 6. The molecule has 13 aromatic rings. The number of hydrogen-bond acceptors (Lipinski definition) is 4. The monoisotopic (exact) mass is 959 g/mol. The minimum absolute atomic E-state index is 0.0555. The highest BCUT2D eigenvalue weighted by molar-refractivity contribution is 7.25. The van der Waals surface area contributed by atoms with Gasteiger partial charge in [-0.15, -0.1) is 11.3 Å². The Hall–Kier alpha value is -9.35. The standard InChI is InChI=1S/C70H45N3S/c1-6-20-45(21-7-1)48-34-36-51(37-35-48)68-71-69(54-39-52(46-22-8-2-9-23-46)38-53(40-54)47-24-10-3-11-25-47)73-70(72-68)55-41-59(49-26-12-4-13-27-49)67(60(42-55)50-28-14-5-15-29-50)66-58-32-17-16-30-56(58)61-43-62-57-31-18-19-33-64(57)74-65(62)44-63(61)66/h1-44,66H. The van der Waals surface area contributed by atoms with Gasteiger partial charge in [0.15, 0.2) is 17.5 Å². The molecule has 1 unspecified atom stereocenters. The number of thiophene rings is 1. The van der Waals surface area contributed by atoms with Crippen LogP contribution in [0.4, 0.5) is 0 Å². The number of nitrogens with zero attached hydrogens (tertiary/aromatic N) is 3. The first-order valence-electron chi connectivity index (χ1n) is 25.2. The molecule has 0 amide bonds. The smallest absolute Gasteiger partial charge is 0.164 e. The number of hydrogen-bond donors (Lipinski definition) is 0. The van der Waals surface area contributed by atoms with Gasteiger partial charge in [-0.3, -0.25) is 0 Å². The Balaban J connectivity index is 1.03. The van der Waals surface area contributed by atoms with E-state index in [9.17, 15) is 0 Å². The first-order chi connectivity index (χ1) is 36.7. The SMILES string of the molecule is c1ccc(-c2ccc(-c3nc(-c4cc(-c5ccccc5)cc(-c5ccccc5)c4)nc(-c4cc(-c5ccccc5)c(C5c6ccccc6-c6cc7c(cc65)sc5ccccc57)c(-c5ccccc5)c4)n3)cc2)cc1. The molecular formula is C70H45N3S. The van der Waals surface area contributed by atoms with Crippen LogP contribution in [0.25, 0.3) is 121 Å². The maximum atomic E-state index is 5.54. The summed E-state index contributed by atoms with van der Waals surface area (Å²) in [6.45, 7) is 0. The second-order valence-corrected chi connectivity index (χ2v) is 20.1. The minimum atomic E-state index is -0.0555. The highest BCUT2D eigenvalue weighted by Crippen LogP contribution is 2.55. The minimum Gasteiger partial charge on any atom is -0.208 e. The average Bonchev–Trinajstić information content (AvgIpc) is 4.06. The molecule has 0 fully saturated rings. The summed E-state index contributed by atoms with van der Waals surface area (Å²) < 4.78 is 2.61. The first kappa shape index (κ1) is 43.4. The molecule has 0 spiro atoms. The fraction of sp³-hybridized carbons (Fsp3) is 0.0143. The largest absolute Gasteiger partial charge is 0.208 e. The molecule has 346 valence electrons. The van der Waals surface area contributed by atoms with Gasteiger partial charge in [0.25, 0.3) is 0 Å². The lowest BCUT2D eigenvalue weighted by Crippen LogP contribution is -2.06. The van der Waals surface area contributed by atoms with E-state index in [0.29, 0.717) is 17.5 Å². The quantitative estimate of drug-likeness (QED) is 0.145. The Morgan fingerprint density at radius 1 is 0.243 bits per heavy atom. The summed E-state index contributed by atoms with van der Waals surface area (Å²) in [6, 6.07) is 96.2. The molecule has 1 aliphatic rings. The predicted octanol–water partition coefficient (Wildman–Crippen LogP) is 18.7. The Kier molecular flexibility index (Phi) is 10.8. The zero-order valence-electron chi connectivity index (χ0n) is 40.2. The molecule has 74 heavy (non-hydrogen) atoms. The van der Waals surface area contributed by atoms with Crippen LogP contribution in [0.2, 0.25) is 0 Å². The van der Waals surface area contributed by atoms with Gasteiger partial charge >= 0.3 is 0 Å². The van der Waals surface area contributed by atoms with E-state index < -0.39 is 0 Å². The topological polar surface area (TPSA) is 38.7 Å². The van der Waals surface area contributed by atoms with Gasteiger partial charge in [0.2, 0.25) is 0 Å². The van der Waals surface area contributed by atoms with Gasteiger partial charge < -0.3 is 0 Å². The normalized spacial score (nSPS) is 12.7. The Morgan fingerprint density at radius 2 is 0.662 bits per heavy atom. The van der Waals surface area contributed by atoms with Gasteiger partial charge in [-0.2, -0.15) is 0 Å². The molecule has 0 N–H and O–H groups in total. The average molecular weight is 960 g/mol. The summed E-state index contributed by atoms with van der Waals surface area (Å²) in [7, 11) is 0. The summed E-state index contributed by atoms with van der Waals surface area (Å²) in [4.78, 5) is 16.4. The van der Waals surface area contributed by atoms with Gasteiger partial charge in [-0.1, -0.05) is 218 Å². The Morgan fingerprint density at radius 3 is 1.23 bits per heavy atom. The molecule has 0 bridgehead atoms. The third-order valence-electron chi connectivity index (χ3n) is 14.6. The van der Waals surface area contributed by atoms with Crippen LogP contribution < -0.4 is 0 Å². The maximum absolute atomic E-state index is 5.54. The lowest BCUT2D eigenvalue weighted by atomic mass is 9.79.